The summed E-state index contributed by atoms with van der Waals surface area (Å²) in [5, 5.41) is 17.1. The molecule has 0 atom stereocenters. The van der Waals surface area contributed by atoms with E-state index in [1.807, 2.05) is 19.1 Å². The standard InChI is InChI=1S/C18H25N5O2/c1-12(2)14-4-5-16(24)15(10-14)18(25)23-8-6-22(7-9-23)11-17-19-13(3)20-21-17/h4-5,10,12,24H,6-9,11H2,1-3H3,(H,19,20,21). The van der Waals surface area contributed by atoms with Gasteiger partial charge in [0.25, 0.3) is 5.91 Å². The largest absolute Gasteiger partial charge is 0.507 e. The minimum Gasteiger partial charge on any atom is -0.507 e. The molecule has 2 heterocycles. The monoisotopic (exact) mass is 343 g/mol. The van der Waals surface area contributed by atoms with Crippen LogP contribution in [0.3, 0.4) is 0 Å². The molecule has 1 aliphatic rings. The third-order valence-electron chi connectivity index (χ3n) is 4.59. The van der Waals surface area contributed by atoms with E-state index in [9.17, 15) is 9.90 Å². The summed E-state index contributed by atoms with van der Waals surface area (Å²) >= 11 is 0. The van der Waals surface area contributed by atoms with Crippen molar-refractivity contribution in [3.8, 4) is 5.75 Å². The lowest BCUT2D eigenvalue weighted by molar-refractivity contribution is 0.0622. The molecule has 0 unspecified atom stereocenters. The number of nitrogens with zero attached hydrogens (tertiary/aromatic N) is 4. The van der Waals surface area contributed by atoms with Gasteiger partial charge in [0.15, 0.2) is 5.82 Å². The molecule has 2 aromatic rings. The highest BCUT2D eigenvalue weighted by Crippen LogP contribution is 2.25. The van der Waals surface area contributed by atoms with Crippen molar-refractivity contribution >= 4 is 5.91 Å². The van der Waals surface area contributed by atoms with Gasteiger partial charge in [0.1, 0.15) is 11.6 Å². The first-order valence-electron chi connectivity index (χ1n) is 8.66. The fraction of sp³-hybridized carbons (Fsp3) is 0.500. The Morgan fingerprint density at radius 1 is 1.28 bits per heavy atom. The Bertz CT molecular complexity index is 748. The van der Waals surface area contributed by atoms with Crippen LogP contribution in [0.5, 0.6) is 5.75 Å². The molecule has 0 saturated carbocycles. The fourth-order valence-electron chi connectivity index (χ4n) is 3.02. The maximum Gasteiger partial charge on any atom is 0.257 e. The van der Waals surface area contributed by atoms with E-state index >= 15 is 0 Å². The molecule has 1 amide bonds. The van der Waals surface area contributed by atoms with E-state index in [1.54, 1.807) is 11.0 Å². The van der Waals surface area contributed by atoms with Gasteiger partial charge in [0.05, 0.1) is 12.1 Å². The van der Waals surface area contributed by atoms with E-state index in [1.165, 1.54) is 0 Å². The van der Waals surface area contributed by atoms with Crippen LogP contribution >= 0.6 is 0 Å². The van der Waals surface area contributed by atoms with Gasteiger partial charge in [-0.3, -0.25) is 14.8 Å². The first-order valence-corrected chi connectivity index (χ1v) is 8.66. The predicted octanol–water partition coefficient (Wildman–Crippen LogP) is 1.90. The van der Waals surface area contributed by atoms with Crippen LogP contribution in [0.4, 0.5) is 0 Å². The number of aromatic hydroxyl groups is 1. The van der Waals surface area contributed by atoms with Crippen molar-refractivity contribution in [1.82, 2.24) is 25.0 Å². The number of aromatic nitrogens is 3. The summed E-state index contributed by atoms with van der Waals surface area (Å²) < 4.78 is 0. The highest BCUT2D eigenvalue weighted by molar-refractivity contribution is 5.97. The molecule has 0 spiro atoms. The Labute approximate surface area is 147 Å². The molecule has 1 aliphatic heterocycles. The zero-order valence-corrected chi connectivity index (χ0v) is 15.0. The number of carbonyl (C=O) groups excluding carboxylic acids is 1. The van der Waals surface area contributed by atoms with Crippen molar-refractivity contribution in [2.45, 2.75) is 33.2 Å². The molecule has 134 valence electrons. The number of phenolic OH excluding ortho intramolecular Hbond substituents is 1. The number of benzene rings is 1. The lowest BCUT2D eigenvalue weighted by atomic mass is 9.99. The summed E-state index contributed by atoms with van der Waals surface area (Å²) in [5.41, 5.74) is 1.45. The summed E-state index contributed by atoms with van der Waals surface area (Å²) in [4.78, 5) is 21.1. The number of hydrogen-bond acceptors (Lipinski definition) is 5. The normalized spacial score (nSPS) is 15.8. The lowest BCUT2D eigenvalue weighted by Gasteiger charge is -2.34. The summed E-state index contributed by atoms with van der Waals surface area (Å²) in [5.74, 6) is 1.85. The van der Waals surface area contributed by atoms with Gasteiger partial charge in [-0.1, -0.05) is 19.9 Å². The van der Waals surface area contributed by atoms with Crippen LogP contribution in [0.25, 0.3) is 0 Å². The van der Waals surface area contributed by atoms with Gasteiger partial charge in [0, 0.05) is 26.2 Å². The van der Waals surface area contributed by atoms with Gasteiger partial charge in [-0.25, -0.2) is 4.98 Å². The second-order valence-corrected chi connectivity index (χ2v) is 6.84. The second kappa shape index (κ2) is 7.23. The fourth-order valence-corrected chi connectivity index (χ4v) is 3.02. The number of nitrogens with one attached hydrogen (secondary N) is 1. The molecule has 1 fully saturated rings. The third kappa shape index (κ3) is 3.99. The number of carbonyl (C=O) groups is 1. The predicted molar refractivity (Wildman–Crippen MR) is 94.5 cm³/mol. The first kappa shape index (κ1) is 17.4. The third-order valence-corrected chi connectivity index (χ3v) is 4.59. The molecule has 0 bridgehead atoms. The molecule has 0 radical (unpaired) electrons. The molecule has 3 rings (SSSR count). The Kier molecular flexibility index (Phi) is 5.03. The van der Waals surface area contributed by atoms with Crippen LogP contribution < -0.4 is 0 Å². The molecule has 7 heteroatoms. The minimum absolute atomic E-state index is 0.0491. The van der Waals surface area contributed by atoms with Gasteiger partial charge >= 0.3 is 0 Å². The minimum atomic E-state index is -0.103. The molecule has 1 aromatic heterocycles. The molecule has 7 nitrogen and oxygen atoms in total. The topological polar surface area (TPSA) is 85.3 Å². The number of rotatable bonds is 4. The number of hydrogen-bond donors (Lipinski definition) is 2. The van der Waals surface area contributed by atoms with Gasteiger partial charge in [-0.2, -0.15) is 5.10 Å². The van der Waals surface area contributed by atoms with Crippen LogP contribution in [0.1, 0.15) is 47.3 Å². The SMILES string of the molecule is Cc1nc(CN2CCN(C(=O)c3cc(C(C)C)ccc3O)CC2)n[nH]1. The number of piperazine rings is 1. The number of H-pyrrole nitrogens is 1. The molecule has 2 N–H and O–H groups in total. The van der Waals surface area contributed by atoms with Crippen LogP contribution in [-0.2, 0) is 6.54 Å². The average Bonchev–Trinajstić information content (AvgIpc) is 3.00. The maximum absolute atomic E-state index is 12.8. The highest BCUT2D eigenvalue weighted by Gasteiger charge is 2.25. The van der Waals surface area contributed by atoms with Crippen molar-refractivity contribution in [2.24, 2.45) is 0 Å². The van der Waals surface area contributed by atoms with Crippen molar-refractivity contribution in [2.75, 3.05) is 26.2 Å². The first-order chi connectivity index (χ1) is 11.9. The average molecular weight is 343 g/mol. The Hall–Kier alpha value is -2.41. The Morgan fingerprint density at radius 2 is 2.00 bits per heavy atom. The number of phenols is 1. The highest BCUT2D eigenvalue weighted by atomic mass is 16.3. The van der Waals surface area contributed by atoms with E-state index in [0.29, 0.717) is 31.1 Å². The second-order valence-electron chi connectivity index (χ2n) is 6.84. The number of amides is 1. The number of aryl methyl sites for hydroxylation is 1. The van der Waals surface area contributed by atoms with Crippen molar-refractivity contribution in [3.05, 3.63) is 41.0 Å². The van der Waals surface area contributed by atoms with Crippen LogP contribution in [-0.4, -0.2) is 62.2 Å². The van der Waals surface area contributed by atoms with Gasteiger partial charge < -0.3 is 10.0 Å². The lowest BCUT2D eigenvalue weighted by Crippen LogP contribution is -2.48. The summed E-state index contributed by atoms with van der Waals surface area (Å²) in [6.45, 7) is 9.51. The van der Waals surface area contributed by atoms with E-state index in [-0.39, 0.29) is 11.7 Å². The van der Waals surface area contributed by atoms with E-state index in [2.05, 4.69) is 33.9 Å². The summed E-state index contributed by atoms with van der Waals surface area (Å²) in [7, 11) is 0. The van der Waals surface area contributed by atoms with Gasteiger partial charge in [-0.05, 0) is 30.5 Å². The van der Waals surface area contributed by atoms with Crippen LogP contribution in [0.2, 0.25) is 0 Å². The molecule has 0 aliphatic carbocycles. The molecule has 1 aromatic carbocycles. The summed E-state index contributed by atoms with van der Waals surface area (Å²) in [6, 6.07) is 5.29. The summed E-state index contributed by atoms with van der Waals surface area (Å²) in [6.07, 6.45) is 0. The van der Waals surface area contributed by atoms with Crippen molar-refractivity contribution in [3.63, 3.8) is 0 Å². The maximum atomic E-state index is 12.8. The Morgan fingerprint density at radius 3 is 2.60 bits per heavy atom. The van der Waals surface area contributed by atoms with Gasteiger partial charge in [0.2, 0.25) is 0 Å². The van der Waals surface area contributed by atoms with E-state index < -0.39 is 0 Å². The molecule has 25 heavy (non-hydrogen) atoms. The molecular weight excluding hydrogens is 318 g/mol. The Balaban J connectivity index is 1.62. The zero-order chi connectivity index (χ0) is 18.0. The van der Waals surface area contributed by atoms with Crippen molar-refractivity contribution in [1.29, 1.82) is 0 Å². The number of aromatic amines is 1. The molecular formula is C18H25N5O2. The van der Waals surface area contributed by atoms with Crippen LogP contribution in [0, 0.1) is 6.92 Å². The van der Waals surface area contributed by atoms with E-state index in [0.717, 1.165) is 30.3 Å². The zero-order valence-electron chi connectivity index (χ0n) is 15.0. The quantitative estimate of drug-likeness (QED) is 0.886. The van der Waals surface area contributed by atoms with E-state index in [4.69, 9.17) is 0 Å². The smallest absolute Gasteiger partial charge is 0.257 e. The molecule has 1 saturated heterocycles. The van der Waals surface area contributed by atoms with Crippen LogP contribution in [0.15, 0.2) is 18.2 Å². The van der Waals surface area contributed by atoms with Crippen molar-refractivity contribution < 1.29 is 9.90 Å². The van der Waals surface area contributed by atoms with Gasteiger partial charge in [-0.15, -0.1) is 0 Å².